The van der Waals surface area contributed by atoms with Gasteiger partial charge in [0.05, 0.1) is 0 Å². The average Bonchev–Trinajstić information content (AvgIpc) is 2.89. The normalized spacial score (nSPS) is 31.9. The van der Waals surface area contributed by atoms with Crippen molar-refractivity contribution in [2.75, 3.05) is 5.75 Å². The van der Waals surface area contributed by atoms with E-state index >= 15 is 0 Å². The Morgan fingerprint density at radius 2 is 2.00 bits per heavy atom. The summed E-state index contributed by atoms with van der Waals surface area (Å²) >= 11 is 2.04. The van der Waals surface area contributed by atoms with E-state index in [4.69, 9.17) is 0 Å². The van der Waals surface area contributed by atoms with Gasteiger partial charge < -0.3 is 5.11 Å². The zero-order chi connectivity index (χ0) is 14.6. The second kappa shape index (κ2) is 7.17. The highest BCUT2D eigenvalue weighted by Crippen LogP contribution is 2.38. The summed E-state index contributed by atoms with van der Waals surface area (Å²) in [5.74, 6) is 1.47. The smallest absolute Gasteiger partial charge is 0.323 e. The van der Waals surface area contributed by atoms with E-state index in [1.54, 1.807) is 0 Å². The number of carbonyl (C=O) groups is 1. The maximum absolute atomic E-state index is 11.7. The first-order chi connectivity index (χ1) is 9.52. The first kappa shape index (κ1) is 16.2. The standard InChI is InChI=1S/C16H29NO2S/c1-12(2)17-16(15(18)19)9-5-8-14(10-16)20-11-13-6-3-4-7-13/h12-14,17H,3-11H2,1-2H3,(H,18,19). The highest BCUT2D eigenvalue weighted by Gasteiger charge is 2.43. The van der Waals surface area contributed by atoms with Crippen LogP contribution in [-0.2, 0) is 4.79 Å². The fourth-order valence-electron chi connectivity index (χ4n) is 3.76. The van der Waals surface area contributed by atoms with Crippen LogP contribution >= 0.6 is 11.8 Å². The Morgan fingerprint density at radius 3 is 2.60 bits per heavy atom. The van der Waals surface area contributed by atoms with Crippen molar-refractivity contribution < 1.29 is 9.90 Å². The number of nitrogens with one attached hydrogen (secondary N) is 1. The first-order valence-electron chi connectivity index (χ1n) is 8.14. The molecule has 0 spiro atoms. The van der Waals surface area contributed by atoms with Gasteiger partial charge in [-0.3, -0.25) is 10.1 Å². The molecule has 116 valence electrons. The summed E-state index contributed by atoms with van der Waals surface area (Å²) < 4.78 is 0. The molecule has 0 aromatic carbocycles. The van der Waals surface area contributed by atoms with Crippen LogP contribution in [-0.4, -0.2) is 33.7 Å². The third kappa shape index (κ3) is 4.14. The molecular weight excluding hydrogens is 270 g/mol. The molecule has 2 fully saturated rings. The summed E-state index contributed by atoms with van der Waals surface area (Å²) in [4.78, 5) is 11.7. The van der Waals surface area contributed by atoms with Gasteiger partial charge in [0.25, 0.3) is 0 Å². The van der Waals surface area contributed by atoms with Crippen molar-refractivity contribution in [2.24, 2.45) is 5.92 Å². The van der Waals surface area contributed by atoms with Crippen LogP contribution in [0.4, 0.5) is 0 Å². The minimum atomic E-state index is -0.681. The molecule has 0 aromatic heterocycles. The average molecular weight is 299 g/mol. The van der Waals surface area contributed by atoms with Crippen LogP contribution in [0.2, 0.25) is 0 Å². The van der Waals surface area contributed by atoms with Gasteiger partial charge in [-0.1, -0.05) is 12.8 Å². The highest BCUT2D eigenvalue weighted by atomic mass is 32.2. The van der Waals surface area contributed by atoms with Crippen LogP contribution in [0.3, 0.4) is 0 Å². The molecule has 4 heteroatoms. The summed E-state index contributed by atoms with van der Waals surface area (Å²) in [6.45, 7) is 4.08. The monoisotopic (exact) mass is 299 g/mol. The summed E-state index contributed by atoms with van der Waals surface area (Å²) in [6.07, 6.45) is 9.34. The van der Waals surface area contributed by atoms with Crippen molar-refractivity contribution >= 4 is 17.7 Å². The van der Waals surface area contributed by atoms with Crippen molar-refractivity contribution in [1.82, 2.24) is 5.32 Å². The molecule has 0 saturated heterocycles. The summed E-state index contributed by atoms with van der Waals surface area (Å²) in [5, 5.41) is 13.5. The van der Waals surface area contributed by atoms with E-state index in [-0.39, 0.29) is 6.04 Å². The van der Waals surface area contributed by atoms with E-state index in [2.05, 4.69) is 5.32 Å². The second-order valence-electron chi connectivity index (χ2n) is 6.89. The predicted octanol–water partition coefficient (Wildman–Crippen LogP) is 3.67. The van der Waals surface area contributed by atoms with Crippen molar-refractivity contribution in [3.63, 3.8) is 0 Å². The predicted molar refractivity (Wildman–Crippen MR) is 85.3 cm³/mol. The molecule has 2 aliphatic carbocycles. The molecule has 0 amide bonds. The maximum Gasteiger partial charge on any atom is 0.323 e. The Balaban J connectivity index is 1.89. The molecular formula is C16H29NO2S. The Bertz CT molecular complexity index is 328. The van der Waals surface area contributed by atoms with Gasteiger partial charge in [-0.05, 0) is 64.0 Å². The van der Waals surface area contributed by atoms with E-state index in [0.29, 0.717) is 5.25 Å². The quantitative estimate of drug-likeness (QED) is 0.785. The topological polar surface area (TPSA) is 49.3 Å². The number of thioether (sulfide) groups is 1. The SMILES string of the molecule is CC(C)NC1(C(=O)O)CCCC(SCC2CCCC2)C1. The van der Waals surface area contributed by atoms with E-state index in [1.165, 1.54) is 37.9 Å². The third-order valence-electron chi connectivity index (χ3n) is 4.72. The first-order valence-corrected chi connectivity index (χ1v) is 9.19. The maximum atomic E-state index is 11.7. The van der Waals surface area contributed by atoms with Crippen molar-refractivity contribution in [2.45, 2.75) is 82.0 Å². The number of aliphatic carboxylic acids is 1. The molecule has 0 heterocycles. The van der Waals surface area contributed by atoms with Gasteiger partial charge in [0.15, 0.2) is 0 Å². The highest BCUT2D eigenvalue weighted by molar-refractivity contribution is 7.99. The molecule has 2 saturated carbocycles. The van der Waals surface area contributed by atoms with Crippen LogP contribution in [0.25, 0.3) is 0 Å². The molecule has 0 radical (unpaired) electrons. The molecule has 2 rings (SSSR count). The zero-order valence-electron chi connectivity index (χ0n) is 12.9. The van der Waals surface area contributed by atoms with Gasteiger partial charge in [0.2, 0.25) is 0 Å². The summed E-state index contributed by atoms with van der Waals surface area (Å²) in [7, 11) is 0. The Labute approximate surface area is 127 Å². The third-order valence-corrected chi connectivity index (χ3v) is 6.26. The molecule has 2 N–H and O–H groups in total. The number of carboxylic acids is 1. The largest absolute Gasteiger partial charge is 0.480 e. The van der Waals surface area contributed by atoms with Crippen LogP contribution < -0.4 is 5.32 Å². The molecule has 0 aromatic rings. The molecule has 0 aliphatic heterocycles. The fourth-order valence-corrected chi connectivity index (χ4v) is 5.37. The van der Waals surface area contributed by atoms with Crippen molar-refractivity contribution in [3.05, 3.63) is 0 Å². The van der Waals surface area contributed by atoms with Crippen molar-refractivity contribution in [1.29, 1.82) is 0 Å². The minimum Gasteiger partial charge on any atom is -0.480 e. The molecule has 2 atom stereocenters. The lowest BCUT2D eigenvalue weighted by Gasteiger charge is -2.39. The fraction of sp³-hybridized carbons (Fsp3) is 0.938. The van der Waals surface area contributed by atoms with Crippen LogP contribution in [0.5, 0.6) is 0 Å². The van der Waals surface area contributed by atoms with E-state index in [9.17, 15) is 9.90 Å². The Morgan fingerprint density at radius 1 is 1.30 bits per heavy atom. The second-order valence-corrected chi connectivity index (χ2v) is 8.22. The lowest BCUT2D eigenvalue weighted by Crippen LogP contribution is -2.57. The van der Waals surface area contributed by atoms with Crippen molar-refractivity contribution in [3.8, 4) is 0 Å². The van der Waals surface area contributed by atoms with E-state index < -0.39 is 11.5 Å². The lowest BCUT2D eigenvalue weighted by atomic mass is 9.81. The Kier molecular flexibility index (Phi) is 5.79. The van der Waals surface area contributed by atoms with E-state index in [1.807, 2.05) is 25.6 Å². The molecule has 20 heavy (non-hydrogen) atoms. The van der Waals surface area contributed by atoms with Gasteiger partial charge in [-0.15, -0.1) is 0 Å². The molecule has 3 nitrogen and oxygen atoms in total. The lowest BCUT2D eigenvalue weighted by molar-refractivity contribution is -0.146. The number of rotatable bonds is 6. The van der Waals surface area contributed by atoms with Gasteiger partial charge in [-0.25, -0.2) is 0 Å². The summed E-state index contributed by atoms with van der Waals surface area (Å²) in [5.41, 5.74) is -0.681. The molecule has 2 unspecified atom stereocenters. The molecule has 0 bridgehead atoms. The Hall–Kier alpha value is -0.220. The number of carboxylic acid groups (broad SMARTS) is 1. The molecule has 2 aliphatic rings. The van der Waals surface area contributed by atoms with Gasteiger partial charge in [0, 0.05) is 11.3 Å². The van der Waals surface area contributed by atoms with Crippen LogP contribution in [0.15, 0.2) is 0 Å². The van der Waals surface area contributed by atoms with Crippen LogP contribution in [0, 0.1) is 5.92 Å². The number of hydrogen-bond acceptors (Lipinski definition) is 3. The van der Waals surface area contributed by atoms with Gasteiger partial charge in [0.1, 0.15) is 5.54 Å². The van der Waals surface area contributed by atoms with Crippen LogP contribution in [0.1, 0.15) is 65.2 Å². The summed E-state index contributed by atoms with van der Waals surface area (Å²) in [6, 6.07) is 0.227. The van der Waals surface area contributed by atoms with Gasteiger partial charge >= 0.3 is 5.97 Å². The zero-order valence-corrected chi connectivity index (χ0v) is 13.7. The van der Waals surface area contributed by atoms with Gasteiger partial charge in [-0.2, -0.15) is 11.8 Å². The number of hydrogen-bond donors (Lipinski definition) is 2. The van der Waals surface area contributed by atoms with E-state index in [0.717, 1.165) is 25.2 Å². The minimum absolute atomic E-state index is 0.227.